The predicted molar refractivity (Wildman–Crippen MR) is 68.3 cm³/mol. The number of hydrogen-bond acceptors (Lipinski definition) is 1. The van der Waals surface area contributed by atoms with E-state index in [-0.39, 0.29) is 5.92 Å². The highest BCUT2D eigenvalue weighted by molar-refractivity contribution is 5.78. The van der Waals surface area contributed by atoms with E-state index in [2.05, 4.69) is 31.7 Å². The number of carbonyl (C=O) groups excluding carboxylic acids is 1. The molecule has 1 rings (SSSR count). The lowest BCUT2D eigenvalue weighted by Gasteiger charge is -2.24. The minimum atomic E-state index is 0.243. The Kier molecular flexibility index (Phi) is 5.58. The topological polar surface area (TPSA) is 20.3 Å². The van der Waals surface area contributed by atoms with Crippen LogP contribution in [0.2, 0.25) is 0 Å². The van der Waals surface area contributed by atoms with Gasteiger partial charge in [-0.25, -0.2) is 0 Å². The van der Waals surface area contributed by atoms with Crippen molar-refractivity contribution < 1.29 is 4.79 Å². The third-order valence-corrected chi connectivity index (χ3v) is 3.68. The third kappa shape index (κ3) is 3.36. The zero-order valence-electron chi connectivity index (χ0n) is 11.0. The smallest absolute Gasteiger partial charge is 0.225 e. The Bertz CT molecular complexity index is 253. The largest absolute Gasteiger partial charge is 0.342 e. The lowest BCUT2D eigenvalue weighted by molar-refractivity contribution is -0.135. The Morgan fingerprint density at radius 1 is 1.31 bits per heavy atom. The van der Waals surface area contributed by atoms with E-state index in [4.69, 9.17) is 0 Å². The molecule has 0 aromatic heterocycles. The number of nitrogens with zero attached hydrogens (tertiary/aromatic N) is 1. The Morgan fingerprint density at radius 3 is 2.56 bits per heavy atom. The van der Waals surface area contributed by atoms with Gasteiger partial charge in [-0.1, -0.05) is 25.5 Å². The van der Waals surface area contributed by atoms with Crippen molar-refractivity contribution >= 4 is 5.91 Å². The fraction of sp³-hybridized carbons (Fsp3) is 0.786. The highest BCUT2D eigenvalue weighted by Crippen LogP contribution is 2.19. The summed E-state index contributed by atoms with van der Waals surface area (Å²) in [5.41, 5.74) is 1.51. The Balaban J connectivity index is 2.57. The SMILES string of the molecule is CC=C1CCCN(C(=O)C(CC)CC)CC1. The Morgan fingerprint density at radius 2 is 2.00 bits per heavy atom. The second-order valence-corrected chi connectivity index (χ2v) is 4.64. The highest BCUT2D eigenvalue weighted by atomic mass is 16.2. The highest BCUT2D eigenvalue weighted by Gasteiger charge is 2.22. The number of hydrogen-bond donors (Lipinski definition) is 0. The van der Waals surface area contributed by atoms with E-state index >= 15 is 0 Å². The van der Waals surface area contributed by atoms with Crippen molar-refractivity contribution in [3.63, 3.8) is 0 Å². The van der Waals surface area contributed by atoms with Crippen molar-refractivity contribution in [2.24, 2.45) is 5.92 Å². The molecule has 1 amide bonds. The third-order valence-electron chi connectivity index (χ3n) is 3.68. The molecule has 0 bridgehead atoms. The zero-order chi connectivity index (χ0) is 12.0. The molecular weight excluding hydrogens is 198 g/mol. The quantitative estimate of drug-likeness (QED) is 0.672. The minimum Gasteiger partial charge on any atom is -0.342 e. The van der Waals surface area contributed by atoms with Gasteiger partial charge in [0, 0.05) is 19.0 Å². The van der Waals surface area contributed by atoms with Crippen LogP contribution < -0.4 is 0 Å². The molecule has 16 heavy (non-hydrogen) atoms. The number of allylic oxidation sites excluding steroid dienone is 1. The van der Waals surface area contributed by atoms with Gasteiger partial charge in [0.1, 0.15) is 0 Å². The average Bonchev–Trinajstić information content (AvgIpc) is 2.55. The van der Waals surface area contributed by atoms with Gasteiger partial charge in [0.05, 0.1) is 0 Å². The van der Waals surface area contributed by atoms with Crippen molar-refractivity contribution in [1.82, 2.24) is 4.90 Å². The molecule has 1 saturated heterocycles. The maximum absolute atomic E-state index is 12.2. The summed E-state index contributed by atoms with van der Waals surface area (Å²) in [7, 11) is 0. The van der Waals surface area contributed by atoms with Gasteiger partial charge in [0.25, 0.3) is 0 Å². The van der Waals surface area contributed by atoms with Crippen LogP contribution in [0, 0.1) is 5.92 Å². The Hall–Kier alpha value is -0.790. The van der Waals surface area contributed by atoms with Gasteiger partial charge >= 0.3 is 0 Å². The van der Waals surface area contributed by atoms with Crippen LogP contribution in [0.15, 0.2) is 11.6 Å². The first-order valence-corrected chi connectivity index (χ1v) is 6.65. The second-order valence-electron chi connectivity index (χ2n) is 4.64. The maximum atomic E-state index is 12.2. The van der Waals surface area contributed by atoms with Crippen LogP contribution in [0.4, 0.5) is 0 Å². The molecule has 0 unspecified atom stereocenters. The molecule has 0 aromatic rings. The lowest BCUT2D eigenvalue weighted by atomic mass is 10.0. The molecule has 2 heteroatoms. The summed E-state index contributed by atoms with van der Waals surface area (Å²) in [4.78, 5) is 14.3. The first-order chi connectivity index (χ1) is 7.72. The molecule has 1 aliphatic rings. The van der Waals surface area contributed by atoms with Gasteiger partial charge in [0.2, 0.25) is 5.91 Å². The molecule has 0 N–H and O–H groups in total. The molecule has 1 aliphatic heterocycles. The van der Waals surface area contributed by atoms with Crippen molar-refractivity contribution in [1.29, 1.82) is 0 Å². The molecule has 1 heterocycles. The number of carbonyl (C=O) groups is 1. The molecule has 1 fully saturated rings. The van der Waals surface area contributed by atoms with Crippen molar-refractivity contribution in [2.75, 3.05) is 13.1 Å². The molecular formula is C14H25NO. The summed E-state index contributed by atoms with van der Waals surface area (Å²) in [6, 6.07) is 0. The van der Waals surface area contributed by atoms with E-state index < -0.39 is 0 Å². The van der Waals surface area contributed by atoms with E-state index in [0.29, 0.717) is 5.91 Å². The second kappa shape index (κ2) is 6.72. The van der Waals surface area contributed by atoms with E-state index in [0.717, 1.165) is 38.8 Å². The number of amides is 1. The zero-order valence-corrected chi connectivity index (χ0v) is 11.0. The average molecular weight is 223 g/mol. The maximum Gasteiger partial charge on any atom is 0.225 e. The van der Waals surface area contributed by atoms with Crippen LogP contribution in [0.3, 0.4) is 0 Å². The van der Waals surface area contributed by atoms with Crippen LogP contribution in [-0.4, -0.2) is 23.9 Å². The molecule has 0 radical (unpaired) electrons. The summed E-state index contributed by atoms with van der Waals surface area (Å²) in [6.45, 7) is 8.21. The monoisotopic (exact) mass is 223 g/mol. The summed E-state index contributed by atoms with van der Waals surface area (Å²) in [6.07, 6.45) is 7.53. The van der Waals surface area contributed by atoms with E-state index in [1.165, 1.54) is 12.0 Å². The standard InChI is InChI=1S/C14H25NO/c1-4-12-8-7-10-15(11-9-12)14(16)13(5-2)6-3/h4,13H,5-11H2,1-3H3. The molecule has 0 aliphatic carbocycles. The lowest BCUT2D eigenvalue weighted by Crippen LogP contribution is -2.36. The summed E-state index contributed by atoms with van der Waals surface area (Å²) < 4.78 is 0. The van der Waals surface area contributed by atoms with E-state index in [1.54, 1.807) is 0 Å². The normalized spacial score (nSPS) is 20.2. The van der Waals surface area contributed by atoms with Crippen LogP contribution >= 0.6 is 0 Å². The summed E-state index contributed by atoms with van der Waals surface area (Å²) in [5, 5.41) is 0. The van der Waals surface area contributed by atoms with Gasteiger partial charge in [-0.2, -0.15) is 0 Å². The van der Waals surface area contributed by atoms with Crippen molar-refractivity contribution in [3.05, 3.63) is 11.6 Å². The summed E-state index contributed by atoms with van der Waals surface area (Å²) >= 11 is 0. The van der Waals surface area contributed by atoms with Crippen LogP contribution in [0.25, 0.3) is 0 Å². The summed E-state index contributed by atoms with van der Waals surface area (Å²) in [5.74, 6) is 0.620. The first kappa shape index (κ1) is 13.3. The van der Waals surface area contributed by atoms with Gasteiger partial charge in [-0.15, -0.1) is 0 Å². The Labute approximate surface area is 99.7 Å². The molecule has 0 atom stereocenters. The van der Waals surface area contributed by atoms with Crippen LogP contribution in [-0.2, 0) is 4.79 Å². The van der Waals surface area contributed by atoms with Crippen LogP contribution in [0.5, 0.6) is 0 Å². The molecule has 2 nitrogen and oxygen atoms in total. The molecule has 0 aromatic carbocycles. The number of rotatable bonds is 3. The molecule has 0 spiro atoms. The minimum absolute atomic E-state index is 0.243. The van der Waals surface area contributed by atoms with Crippen molar-refractivity contribution in [2.45, 2.75) is 52.9 Å². The first-order valence-electron chi connectivity index (χ1n) is 6.65. The molecule has 0 saturated carbocycles. The van der Waals surface area contributed by atoms with Gasteiger partial charge in [-0.3, -0.25) is 4.79 Å². The van der Waals surface area contributed by atoms with Gasteiger partial charge in [0.15, 0.2) is 0 Å². The van der Waals surface area contributed by atoms with E-state index in [9.17, 15) is 4.79 Å². The number of likely N-dealkylation sites (tertiary alicyclic amines) is 1. The predicted octanol–water partition coefficient (Wildman–Crippen LogP) is 3.38. The van der Waals surface area contributed by atoms with Crippen LogP contribution in [0.1, 0.15) is 52.9 Å². The van der Waals surface area contributed by atoms with Crippen molar-refractivity contribution in [3.8, 4) is 0 Å². The van der Waals surface area contributed by atoms with Gasteiger partial charge < -0.3 is 4.90 Å². The van der Waals surface area contributed by atoms with Gasteiger partial charge in [-0.05, 0) is 39.0 Å². The fourth-order valence-corrected chi connectivity index (χ4v) is 2.42. The fourth-order valence-electron chi connectivity index (χ4n) is 2.42. The molecule has 92 valence electrons. The van der Waals surface area contributed by atoms with E-state index in [1.807, 2.05) is 0 Å².